The van der Waals surface area contributed by atoms with Crippen LogP contribution < -0.4 is 0 Å². The van der Waals surface area contributed by atoms with Crippen molar-refractivity contribution in [2.24, 2.45) is 0 Å². The molecule has 0 atom stereocenters. The SMILES string of the molecule is Cc1cccc(/C=C/C#N)c1C. The summed E-state index contributed by atoms with van der Waals surface area (Å²) >= 11 is 0. The summed E-state index contributed by atoms with van der Waals surface area (Å²) in [5.41, 5.74) is 3.62. The second kappa shape index (κ2) is 3.73. The van der Waals surface area contributed by atoms with Crippen LogP contribution in [0.4, 0.5) is 0 Å². The number of hydrogen-bond donors (Lipinski definition) is 0. The van der Waals surface area contributed by atoms with Crippen LogP contribution in [-0.4, -0.2) is 0 Å². The number of hydrogen-bond acceptors (Lipinski definition) is 1. The quantitative estimate of drug-likeness (QED) is 0.575. The van der Waals surface area contributed by atoms with Crippen LogP contribution in [0.5, 0.6) is 0 Å². The highest BCUT2D eigenvalue weighted by atomic mass is 14.2. The van der Waals surface area contributed by atoms with Gasteiger partial charge in [0.05, 0.1) is 6.07 Å². The average Bonchev–Trinajstić information content (AvgIpc) is 2.08. The van der Waals surface area contributed by atoms with Crippen molar-refractivity contribution in [2.45, 2.75) is 13.8 Å². The number of benzene rings is 1. The summed E-state index contributed by atoms with van der Waals surface area (Å²) in [6, 6.07) is 8.06. The van der Waals surface area contributed by atoms with Gasteiger partial charge in [-0.25, -0.2) is 0 Å². The minimum absolute atomic E-state index is 1.12. The minimum Gasteiger partial charge on any atom is -0.193 e. The summed E-state index contributed by atoms with van der Waals surface area (Å²) in [5.74, 6) is 0. The standard InChI is InChI=1S/C11H11N/c1-9-5-3-6-11(10(9)2)7-4-8-12/h3-7H,1-2H3/b7-4+. The van der Waals surface area contributed by atoms with Gasteiger partial charge in [0.25, 0.3) is 0 Å². The molecule has 0 bridgehead atoms. The van der Waals surface area contributed by atoms with E-state index in [-0.39, 0.29) is 0 Å². The Morgan fingerprint density at radius 3 is 2.75 bits per heavy atom. The lowest BCUT2D eigenvalue weighted by Gasteiger charge is -2.02. The minimum atomic E-state index is 1.12. The summed E-state index contributed by atoms with van der Waals surface area (Å²) < 4.78 is 0. The summed E-state index contributed by atoms with van der Waals surface area (Å²) in [6.45, 7) is 4.13. The third kappa shape index (κ3) is 1.73. The fourth-order valence-electron chi connectivity index (χ4n) is 1.08. The maximum atomic E-state index is 8.35. The summed E-state index contributed by atoms with van der Waals surface area (Å²) in [7, 11) is 0. The molecule has 0 N–H and O–H groups in total. The van der Waals surface area contributed by atoms with E-state index in [0.29, 0.717) is 0 Å². The van der Waals surface area contributed by atoms with Crippen molar-refractivity contribution in [1.29, 1.82) is 5.26 Å². The molecule has 0 amide bonds. The largest absolute Gasteiger partial charge is 0.193 e. The Labute approximate surface area is 73.0 Å². The van der Waals surface area contributed by atoms with Crippen LogP contribution in [0.15, 0.2) is 24.3 Å². The number of rotatable bonds is 1. The van der Waals surface area contributed by atoms with Crippen LogP contribution in [0.25, 0.3) is 6.08 Å². The molecule has 1 aromatic carbocycles. The lowest BCUT2D eigenvalue weighted by atomic mass is 10.0. The monoisotopic (exact) mass is 157 g/mol. The van der Waals surface area contributed by atoms with Crippen molar-refractivity contribution in [1.82, 2.24) is 0 Å². The van der Waals surface area contributed by atoms with Crippen molar-refractivity contribution in [3.8, 4) is 6.07 Å². The Bertz CT molecular complexity index is 343. The maximum Gasteiger partial charge on any atom is 0.0912 e. The predicted molar refractivity (Wildman–Crippen MR) is 50.6 cm³/mol. The van der Waals surface area contributed by atoms with E-state index < -0.39 is 0 Å². The lowest BCUT2D eigenvalue weighted by Crippen LogP contribution is -1.83. The second-order valence-corrected chi connectivity index (χ2v) is 2.75. The lowest BCUT2D eigenvalue weighted by molar-refractivity contribution is 1.33. The smallest absolute Gasteiger partial charge is 0.0912 e. The topological polar surface area (TPSA) is 23.8 Å². The number of nitrogens with zero attached hydrogens (tertiary/aromatic N) is 1. The first kappa shape index (κ1) is 8.55. The summed E-state index contributed by atoms with van der Waals surface area (Å²) in [4.78, 5) is 0. The molecule has 0 unspecified atom stereocenters. The van der Waals surface area contributed by atoms with Crippen LogP contribution in [-0.2, 0) is 0 Å². The highest BCUT2D eigenvalue weighted by molar-refractivity contribution is 5.57. The molecule has 1 aromatic rings. The highest BCUT2D eigenvalue weighted by Gasteiger charge is 1.95. The molecule has 1 heteroatoms. The highest BCUT2D eigenvalue weighted by Crippen LogP contribution is 2.13. The van der Waals surface area contributed by atoms with Crippen molar-refractivity contribution in [3.63, 3.8) is 0 Å². The van der Waals surface area contributed by atoms with Gasteiger partial charge in [0, 0.05) is 6.08 Å². The maximum absolute atomic E-state index is 8.35. The van der Waals surface area contributed by atoms with Gasteiger partial charge < -0.3 is 0 Å². The summed E-state index contributed by atoms with van der Waals surface area (Å²) in [6.07, 6.45) is 3.34. The van der Waals surface area contributed by atoms with E-state index >= 15 is 0 Å². The van der Waals surface area contributed by atoms with Crippen molar-refractivity contribution in [3.05, 3.63) is 41.0 Å². The molecule has 0 aromatic heterocycles. The molecule has 60 valence electrons. The molecule has 0 radical (unpaired) electrons. The zero-order valence-corrected chi connectivity index (χ0v) is 7.33. The first-order valence-corrected chi connectivity index (χ1v) is 3.88. The van der Waals surface area contributed by atoms with Crippen LogP contribution in [0.3, 0.4) is 0 Å². The molecule has 0 saturated heterocycles. The number of aryl methyl sites for hydroxylation is 1. The molecule has 0 aliphatic carbocycles. The van der Waals surface area contributed by atoms with Crippen LogP contribution in [0.1, 0.15) is 16.7 Å². The molecule has 0 heterocycles. The zero-order valence-electron chi connectivity index (χ0n) is 7.33. The second-order valence-electron chi connectivity index (χ2n) is 2.75. The first-order valence-electron chi connectivity index (χ1n) is 3.88. The van der Waals surface area contributed by atoms with Gasteiger partial charge in [-0.2, -0.15) is 5.26 Å². The van der Waals surface area contributed by atoms with E-state index in [4.69, 9.17) is 5.26 Å². The Hall–Kier alpha value is -1.55. The Balaban J connectivity index is 3.10. The van der Waals surface area contributed by atoms with Crippen LogP contribution >= 0.6 is 0 Å². The van der Waals surface area contributed by atoms with Gasteiger partial charge in [0.1, 0.15) is 0 Å². The average molecular weight is 157 g/mol. The molecule has 1 rings (SSSR count). The fourth-order valence-corrected chi connectivity index (χ4v) is 1.08. The van der Waals surface area contributed by atoms with E-state index in [0.717, 1.165) is 5.56 Å². The molecule has 12 heavy (non-hydrogen) atoms. The Kier molecular flexibility index (Phi) is 2.66. The molecular formula is C11H11N. The van der Waals surface area contributed by atoms with E-state index in [1.807, 2.05) is 24.3 Å². The van der Waals surface area contributed by atoms with Gasteiger partial charge in [-0.05, 0) is 36.6 Å². The third-order valence-corrected chi connectivity index (χ3v) is 1.98. The van der Waals surface area contributed by atoms with E-state index in [9.17, 15) is 0 Å². The third-order valence-electron chi connectivity index (χ3n) is 1.98. The van der Waals surface area contributed by atoms with Gasteiger partial charge >= 0.3 is 0 Å². The van der Waals surface area contributed by atoms with Gasteiger partial charge in [0.15, 0.2) is 0 Å². The molecule has 0 saturated carbocycles. The molecule has 0 aliphatic rings. The van der Waals surface area contributed by atoms with Crippen LogP contribution in [0.2, 0.25) is 0 Å². The fraction of sp³-hybridized carbons (Fsp3) is 0.182. The molecule has 0 fully saturated rings. The van der Waals surface area contributed by atoms with Gasteiger partial charge in [-0.3, -0.25) is 0 Å². The van der Waals surface area contributed by atoms with E-state index in [1.165, 1.54) is 17.2 Å². The normalized spacial score (nSPS) is 10.1. The molecule has 1 nitrogen and oxygen atoms in total. The van der Waals surface area contributed by atoms with Crippen LogP contribution in [0, 0.1) is 25.2 Å². The van der Waals surface area contributed by atoms with E-state index in [2.05, 4.69) is 19.9 Å². The zero-order chi connectivity index (χ0) is 8.97. The molecule has 0 aliphatic heterocycles. The van der Waals surface area contributed by atoms with Crippen molar-refractivity contribution >= 4 is 6.08 Å². The molecular weight excluding hydrogens is 146 g/mol. The first-order chi connectivity index (χ1) is 5.75. The van der Waals surface area contributed by atoms with Gasteiger partial charge in [-0.1, -0.05) is 18.2 Å². The van der Waals surface area contributed by atoms with Crippen molar-refractivity contribution in [2.75, 3.05) is 0 Å². The number of nitriles is 1. The Morgan fingerprint density at radius 1 is 1.33 bits per heavy atom. The predicted octanol–water partition coefficient (Wildman–Crippen LogP) is 2.84. The van der Waals surface area contributed by atoms with Gasteiger partial charge in [-0.15, -0.1) is 0 Å². The van der Waals surface area contributed by atoms with E-state index in [1.54, 1.807) is 0 Å². The molecule has 0 spiro atoms. The summed E-state index contributed by atoms with van der Waals surface area (Å²) in [5, 5.41) is 8.35. The Morgan fingerprint density at radius 2 is 2.08 bits per heavy atom. The van der Waals surface area contributed by atoms with Crippen molar-refractivity contribution < 1.29 is 0 Å². The number of allylic oxidation sites excluding steroid dienone is 1. The van der Waals surface area contributed by atoms with Gasteiger partial charge in [0.2, 0.25) is 0 Å².